The van der Waals surface area contributed by atoms with E-state index >= 15 is 0 Å². The number of carbonyl (C=O) groups excluding carboxylic acids is 2. The van der Waals surface area contributed by atoms with E-state index in [0.29, 0.717) is 30.8 Å². The van der Waals surface area contributed by atoms with Crippen molar-refractivity contribution in [3.8, 4) is 11.3 Å². The lowest BCUT2D eigenvalue weighted by atomic mass is 10.1. The van der Waals surface area contributed by atoms with Crippen molar-refractivity contribution in [2.24, 2.45) is 5.10 Å². The molecule has 0 unspecified atom stereocenters. The van der Waals surface area contributed by atoms with Crippen LogP contribution in [0.2, 0.25) is 0 Å². The Morgan fingerprint density at radius 1 is 1.09 bits per heavy atom. The second-order valence-electron chi connectivity index (χ2n) is 7.97. The zero-order valence-corrected chi connectivity index (χ0v) is 18.3. The SMILES string of the molecule is Cc1cccc(N2N=C(C(=O)N(C)CCCc3cc(-c4ccccc4)no3)CCC2=O)c1. The van der Waals surface area contributed by atoms with Gasteiger partial charge in [-0.3, -0.25) is 9.59 Å². The van der Waals surface area contributed by atoms with Gasteiger partial charge in [0.25, 0.3) is 5.91 Å². The van der Waals surface area contributed by atoms with Crippen molar-refractivity contribution in [3.63, 3.8) is 0 Å². The van der Waals surface area contributed by atoms with Crippen LogP contribution in [0, 0.1) is 6.92 Å². The average molecular weight is 431 g/mol. The highest BCUT2D eigenvalue weighted by molar-refractivity contribution is 6.40. The molecule has 0 bridgehead atoms. The van der Waals surface area contributed by atoms with Crippen LogP contribution in [0.5, 0.6) is 0 Å². The highest BCUT2D eigenvalue weighted by Gasteiger charge is 2.27. The van der Waals surface area contributed by atoms with Gasteiger partial charge in [-0.15, -0.1) is 0 Å². The molecule has 0 saturated heterocycles. The molecular formula is C25H26N4O3. The van der Waals surface area contributed by atoms with Crippen LogP contribution in [-0.2, 0) is 16.0 Å². The van der Waals surface area contributed by atoms with E-state index in [2.05, 4.69) is 10.3 Å². The summed E-state index contributed by atoms with van der Waals surface area (Å²) in [6.45, 7) is 2.51. The van der Waals surface area contributed by atoms with Crippen LogP contribution in [0.1, 0.15) is 30.6 Å². The predicted octanol–water partition coefficient (Wildman–Crippen LogP) is 4.22. The Kier molecular flexibility index (Phi) is 6.44. The Labute approximate surface area is 187 Å². The topological polar surface area (TPSA) is 79.0 Å². The zero-order valence-electron chi connectivity index (χ0n) is 18.3. The van der Waals surface area contributed by atoms with Gasteiger partial charge in [0.05, 0.1) is 5.69 Å². The molecule has 0 spiro atoms. The van der Waals surface area contributed by atoms with Crippen molar-refractivity contribution >= 4 is 23.2 Å². The van der Waals surface area contributed by atoms with Crippen LogP contribution in [0.4, 0.5) is 5.69 Å². The van der Waals surface area contributed by atoms with E-state index < -0.39 is 0 Å². The molecule has 0 N–H and O–H groups in total. The van der Waals surface area contributed by atoms with Crippen molar-refractivity contribution in [1.29, 1.82) is 0 Å². The van der Waals surface area contributed by atoms with Gasteiger partial charge in [0.2, 0.25) is 5.91 Å². The van der Waals surface area contributed by atoms with Gasteiger partial charge in [0.1, 0.15) is 17.2 Å². The molecule has 0 saturated carbocycles. The largest absolute Gasteiger partial charge is 0.361 e. The maximum Gasteiger partial charge on any atom is 0.269 e. The molecule has 164 valence electrons. The van der Waals surface area contributed by atoms with Gasteiger partial charge in [-0.2, -0.15) is 5.10 Å². The van der Waals surface area contributed by atoms with Crippen LogP contribution in [0.3, 0.4) is 0 Å². The van der Waals surface area contributed by atoms with Crippen LogP contribution < -0.4 is 5.01 Å². The number of hydrazone groups is 1. The molecule has 7 nitrogen and oxygen atoms in total. The summed E-state index contributed by atoms with van der Waals surface area (Å²) >= 11 is 0. The summed E-state index contributed by atoms with van der Waals surface area (Å²) in [5, 5.41) is 9.85. The van der Waals surface area contributed by atoms with E-state index in [9.17, 15) is 9.59 Å². The zero-order chi connectivity index (χ0) is 22.5. The maximum atomic E-state index is 12.9. The number of carbonyl (C=O) groups is 2. The smallest absolute Gasteiger partial charge is 0.269 e. The number of benzene rings is 2. The number of aromatic nitrogens is 1. The Hall–Kier alpha value is -3.74. The molecule has 0 radical (unpaired) electrons. The minimum atomic E-state index is -0.155. The van der Waals surface area contributed by atoms with E-state index in [0.717, 1.165) is 29.0 Å². The molecule has 0 atom stereocenters. The first kappa shape index (κ1) is 21.5. The summed E-state index contributed by atoms with van der Waals surface area (Å²) in [6, 6.07) is 19.4. The lowest BCUT2D eigenvalue weighted by molar-refractivity contribution is -0.123. The molecule has 7 heteroatoms. The number of hydrogen-bond acceptors (Lipinski definition) is 5. The van der Waals surface area contributed by atoms with Crippen molar-refractivity contribution in [2.45, 2.75) is 32.6 Å². The molecule has 2 heterocycles. The minimum Gasteiger partial charge on any atom is -0.361 e. The molecule has 2 amide bonds. The number of amides is 2. The number of aryl methyl sites for hydroxylation is 2. The van der Waals surface area contributed by atoms with Gasteiger partial charge in [0.15, 0.2) is 0 Å². The molecule has 0 aliphatic carbocycles. The van der Waals surface area contributed by atoms with Gasteiger partial charge in [-0.05, 0) is 31.0 Å². The molecule has 1 aliphatic heterocycles. The Balaban J connectivity index is 1.35. The lowest BCUT2D eigenvalue weighted by Gasteiger charge is -2.25. The predicted molar refractivity (Wildman–Crippen MR) is 123 cm³/mol. The summed E-state index contributed by atoms with van der Waals surface area (Å²) in [5.74, 6) is 0.531. The van der Waals surface area contributed by atoms with E-state index in [1.807, 2.05) is 67.6 Å². The summed E-state index contributed by atoms with van der Waals surface area (Å²) in [4.78, 5) is 26.9. The third-order valence-electron chi connectivity index (χ3n) is 5.42. The summed E-state index contributed by atoms with van der Waals surface area (Å²) < 4.78 is 5.44. The maximum absolute atomic E-state index is 12.9. The molecule has 1 aromatic heterocycles. The van der Waals surface area contributed by atoms with Crippen molar-refractivity contribution < 1.29 is 14.1 Å². The molecule has 4 rings (SSSR count). The first-order chi connectivity index (χ1) is 15.5. The lowest BCUT2D eigenvalue weighted by Crippen LogP contribution is -2.40. The number of anilines is 1. The first-order valence-corrected chi connectivity index (χ1v) is 10.7. The quantitative estimate of drug-likeness (QED) is 0.562. The standard InChI is InChI=1S/C25H26N4O3/c1-18-8-6-11-20(16-18)29-24(30)14-13-22(26-29)25(31)28(2)15-7-12-21-17-23(27-32-21)19-9-4-3-5-10-19/h3-6,8-11,16-17H,7,12-15H2,1-2H3. The Morgan fingerprint density at radius 2 is 1.91 bits per heavy atom. The van der Waals surface area contributed by atoms with Crippen molar-refractivity contribution in [2.75, 3.05) is 18.6 Å². The van der Waals surface area contributed by atoms with Crippen LogP contribution >= 0.6 is 0 Å². The second-order valence-corrected chi connectivity index (χ2v) is 7.97. The van der Waals surface area contributed by atoms with Gasteiger partial charge in [0, 0.05) is 44.5 Å². The third kappa shape index (κ3) is 4.94. The van der Waals surface area contributed by atoms with Crippen LogP contribution in [-0.4, -0.2) is 41.2 Å². The Morgan fingerprint density at radius 3 is 2.69 bits per heavy atom. The van der Waals surface area contributed by atoms with Crippen molar-refractivity contribution in [3.05, 3.63) is 72.0 Å². The number of nitrogens with zero attached hydrogens (tertiary/aromatic N) is 4. The highest BCUT2D eigenvalue weighted by atomic mass is 16.5. The van der Waals surface area contributed by atoms with E-state index in [1.165, 1.54) is 5.01 Å². The fourth-order valence-corrected chi connectivity index (χ4v) is 3.66. The van der Waals surface area contributed by atoms with E-state index in [4.69, 9.17) is 4.52 Å². The fourth-order valence-electron chi connectivity index (χ4n) is 3.66. The molecule has 2 aromatic carbocycles. The number of hydrogen-bond donors (Lipinski definition) is 0. The minimum absolute atomic E-state index is 0.102. The average Bonchev–Trinajstić information content (AvgIpc) is 3.28. The number of rotatable bonds is 7. The van der Waals surface area contributed by atoms with Crippen LogP contribution in [0.25, 0.3) is 11.3 Å². The highest BCUT2D eigenvalue weighted by Crippen LogP contribution is 2.22. The molecular weight excluding hydrogens is 404 g/mol. The monoisotopic (exact) mass is 430 g/mol. The second kappa shape index (κ2) is 9.60. The molecule has 3 aromatic rings. The summed E-state index contributed by atoms with van der Waals surface area (Å²) in [6.07, 6.45) is 2.04. The molecule has 1 aliphatic rings. The Bertz CT molecular complexity index is 1140. The summed E-state index contributed by atoms with van der Waals surface area (Å²) in [7, 11) is 1.76. The molecule has 32 heavy (non-hydrogen) atoms. The third-order valence-corrected chi connectivity index (χ3v) is 5.42. The van der Waals surface area contributed by atoms with E-state index in [-0.39, 0.29) is 18.2 Å². The van der Waals surface area contributed by atoms with Crippen molar-refractivity contribution in [1.82, 2.24) is 10.1 Å². The van der Waals surface area contributed by atoms with Gasteiger partial charge < -0.3 is 9.42 Å². The first-order valence-electron chi connectivity index (χ1n) is 10.7. The van der Waals surface area contributed by atoms with Gasteiger partial charge >= 0.3 is 0 Å². The summed E-state index contributed by atoms with van der Waals surface area (Å²) in [5.41, 5.74) is 3.94. The van der Waals surface area contributed by atoms with Crippen LogP contribution in [0.15, 0.2) is 70.3 Å². The van der Waals surface area contributed by atoms with Gasteiger partial charge in [-0.1, -0.05) is 47.6 Å². The molecule has 0 fully saturated rings. The normalized spacial score (nSPS) is 13.8. The van der Waals surface area contributed by atoms with E-state index in [1.54, 1.807) is 11.9 Å². The van der Waals surface area contributed by atoms with Gasteiger partial charge in [-0.25, -0.2) is 5.01 Å². The fraction of sp³-hybridized carbons (Fsp3) is 0.280.